The number of nitrogens with one attached hydrogen (secondary N) is 2. The minimum Gasteiger partial charge on any atom is -0.383 e. The maximum absolute atomic E-state index is 12.2. The lowest BCUT2D eigenvalue weighted by Gasteiger charge is -2.34. The monoisotopic (exact) mass is 348 g/mol. The Bertz CT molecular complexity index is 530. The van der Waals surface area contributed by atoms with Crippen molar-refractivity contribution >= 4 is 11.9 Å². The van der Waals surface area contributed by atoms with Crippen LogP contribution in [0.15, 0.2) is 30.3 Å². The molecule has 7 heteroatoms. The molecule has 1 aliphatic rings. The Morgan fingerprint density at radius 3 is 2.40 bits per heavy atom. The lowest BCUT2D eigenvalue weighted by molar-refractivity contribution is -0.132. The Balaban J connectivity index is 1.60. The summed E-state index contributed by atoms with van der Waals surface area (Å²) >= 11 is 0. The number of carbonyl (C=O) groups excluding carboxylic acids is 2. The van der Waals surface area contributed by atoms with Crippen molar-refractivity contribution in [1.82, 2.24) is 20.4 Å². The van der Waals surface area contributed by atoms with Gasteiger partial charge in [-0.2, -0.15) is 0 Å². The molecule has 1 aliphatic heterocycles. The fourth-order valence-electron chi connectivity index (χ4n) is 2.77. The van der Waals surface area contributed by atoms with Gasteiger partial charge in [0, 0.05) is 59.3 Å². The van der Waals surface area contributed by atoms with Crippen LogP contribution < -0.4 is 10.6 Å². The van der Waals surface area contributed by atoms with Gasteiger partial charge in [0.25, 0.3) is 0 Å². The summed E-state index contributed by atoms with van der Waals surface area (Å²) in [5, 5.41) is 5.35. The van der Waals surface area contributed by atoms with Crippen molar-refractivity contribution < 1.29 is 14.3 Å². The number of carbonyl (C=O) groups is 2. The molecule has 0 saturated carbocycles. The average Bonchev–Trinajstić information content (AvgIpc) is 2.63. The molecular weight excluding hydrogens is 320 g/mol. The molecule has 2 N–H and O–H groups in total. The van der Waals surface area contributed by atoms with E-state index in [4.69, 9.17) is 4.74 Å². The molecule has 25 heavy (non-hydrogen) atoms. The van der Waals surface area contributed by atoms with Crippen LogP contribution in [0.5, 0.6) is 0 Å². The van der Waals surface area contributed by atoms with Crippen molar-refractivity contribution in [3.8, 4) is 0 Å². The summed E-state index contributed by atoms with van der Waals surface area (Å²) in [4.78, 5) is 27.9. The Morgan fingerprint density at radius 1 is 1.04 bits per heavy atom. The smallest absolute Gasteiger partial charge is 0.314 e. The van der Waals surface area contributed by atoms with Gasteiger partial charge in [0.15, 0.2) is 0 Å². The number of rotatable bonds is 8. The van der Waals surface area contributed by atoms with Gasteiger partial charge in [-0.25, -0.2) is 4.79 Å². The van der Waals surface area contributed by atoms with Crippen LogP contribution in [0.4, 0.5) is 4.79 Å². The molecular formula is C18H28N4O3. The zero-order chi connectivity index (χ0) is 17.9. The number of urea groups is 1. The summed E-state index contributed by atoms with van der Waals surface area (Å²) in [6.07, 6.45) is 0.330. The molecule has 0 aromatic heterocycles. The summed E-state index contributed by atoms with van der Waals surface area (Å²) in [6.45, 7) is 5.45. The molecule has 7 nitrogen and oxygen atoms in total. The van der Waals surface area contributed by atoms with Crippen LogP contribution >= 0.6 is 0 Å². The van der Waals surface area contributed by atoms with Crippen molar-refractivity contribution in [3.05, 3.63) is 35.9 Å². The van der Waals surface area contributed by atoms with E-state index in [2.05, 4.69) is 27.7 Å². The van der Waals surface area contributed by atoms with Crippen LogP contribution in [-0.4, -0.2) is 74.7 Å². The van der Waals surface area contributed by atoms with Crippen LogP contribution in [0.1, 0.15) is 12.0 Å². The predicted molar refractivity (Wildman–Crippen MR) is 96.2 cm³/mol. The number of benzene rings is 1. The van der Waals surface area contributed by atoms with Gasteiger partial charge < -0.3 is 20.3 Å². The highest BCUT2D eigenvalue weighted by Gasteiger charge is 2.20. The highest BCUT2D eigenvalue weighted by molar-refractivity contribution is 5.78. The third kappa shape index (κ3) is 7.11. The van der Waals surface area contributed by atoms with E-state index < -0.39 is 0 Å². The maximum atomic E-state index is 12.2. The Labute approximate surface area is 149 Å². The molecule has 3 amide bonds. The van der Waals surface area contributed by atoms with E-state index in [0.29, 0.717) is 26.1 Å². The summed E-state index contributed by atoms with van der Waals surface area (Å²) in [7, 11) is 1.58. The topological polar surface area (TPSA) is 73.9 Å². The molecule has 2 rings (SSSR count). The zero-order valence-electron chi connectivity index (χ0n) is 14.9. The van der Waals surface area contributed by atoms with Gasteiger partial charge >= 0.3 is 6.03 Å². The van der Waals surface area contributed by atoms with Crippen molar-refractivity contribution in [2.45, 2.75) is 13.0 Å². The van der Waals surface area contributed by atoms with Crippen LogP contribution in [-0.2, 0) is 16.1 Å². The molecule has 1 fully saturated rings. The molecule has 0 radical (unpaired) electrons. The average molecular weight is 348 g/mol. The number of ether oxygens (including phenoxy) is 1. The minimum absolute atomic E-state index is 0.0940. The maximum Gasteiger partial charge on any atom is 0.314 e. The fraction of sp³-hybridized carbons (Fsp3) is 0.556. The van der Waals surface area contributed by atoms with Gasteiger partial charge in [-0.3, -0.25) is 9.69 Å². The van der Waals surface area contributed by atoms with Crippen molar-refractivity contribution in [1.29, 1.82) is 0 Å². The molecule has 1 saturated heterocycles. The molecule has 0 atom stereocenters. The van der Waals surface area contributed by atoms with Gasteiger partial charge in [0.05, 0.1) is 6.61 Å². The van der Waals surface area contributed by atoms with E-state index >= 15 is 0 Å². The largest absolute Gasteiger partial charge is 0.383 e. The van der Waals surface area contributed by atoms with Crippen molar-refractivity contribution in [2.24, 2.45) is 0 Å². The summed E-state index contributed by atoms with van der Waals surface area (Å²) < 4.78 is 4.85. The third-order valence-electron chi connectivity index (χ3n) is 4.19. The van der Waals surface area contributed by atoms with E-state index in [1.807, 2.05) is 23.1 Å². The summed E-state index contributed by atoms with van der Waals surface area (Å²) in [5.41, 5.74) is 1.30. The van der Waals surface area contributed by atoms with Crippen LogP contribution in [0.25, 0.3) is 0 Å². The van der Waals surface area contributed by atoms with Gasteiger partial charge in [-0.15, -0.1) is 0 Å². The molecule has 1 heterocycles. The van der Waals surface area contributed by atoms with Gasteiger partial charge in [-0.1, -0.05) is 30.3 Å². The van der Waals surface area contributed by atoms with E-state index in [9.17, 15) is 9.59 Å². The molecule has 1 aromatic carbocycles. The van der Waals surface area contributed by atoms with Crippen molar-refractivity contribution in [2.75, 3.05) is 53.0 Å². The molecule has 1 aromatic rings. The van der Waals surface area contributed by atoms with Gasteiger partial charge in [0.1, 0.15) is 0 Å². The Kier molecular flexibility index (Phi) is 8.21. The first kappa shape index (κ1) is 19.2. The van der Waals surface area contributed by atoms with Crippen LogP contribution in [0.2, 0.25) is 0 Å². The molecule has 0 spiro atoms. The van der Waals surface area contributed by atoms with E-state index in [1.165, 1.54) is 5.56 Å². The lowest BCUT2D eigenvalue weighted by atomic mass is 10.2. The number of methoxy groups -OCH3 is 1. The lowest BCUT2D eigenvalue weighted by Crippen LogP contribution is -2.49. The van der Waals surface area contributed by atoms with Crippen LogP contribution in [0.3, 0.4) is 0 Å². The summed E-state index contributed by atoms with van der Waals surface area (Å²) in [6, 6.07) is 10.1. The highest BCUT2D eigenvalue weighted by Crippen LogP contribution is 2.09. The van der Waals surface area contributed by atoms with Crippen molar-refractivity contribution in [3.63, 3.8) is 0 Å². The molecule has 138 valence electrons. The first-order valence-electron chi connectivity index (χ1n) is 8.73. The van der Waals surface area contributed by atoms with Gasteiger partial charge in [0.2, 0.25) is 5.91 Å². The number of hydrogen-bond acceptors (Lipinski definition) is 4. The zero-order valence-corrected chi connectivity index (χ0v) is 14.9. The Morgan fingerprint density at radius 2 is 1.72 bits per heavy atom. The van der Waals surface area contributed by atoms with E-state index in [0.717, 1.165) is 32.7 Å². The first-order valence-corrected chi connectivity index (χ1v) is 8.73. The standard InChI is InChI=1S/C18H28N4O3/c1-25-14-9-20-18(24)19-8-7-17(23)22-12-10-21(11-13-22)15-16-5-3-2-4-6-16/h2-6H,7-15H2,1H3,(H2,19,20,24). The number of piperazine rings is 1. The minimum atomic E-state index is -0.266. The van der Waals surface area contributed by atoms with Gasteiger partial charge in [-0.05, 0) is 5.56 Å². The van der Waals surface area contributed by atoms with E-state index in [-0.39, 0.29) is 11.9 Å². The van der Waals surface area contributed by atoms with Crippen LogP contribution in [0, 0.1) is 0 Å². The second-order valence-electron chi connectivity index (χ2n) is 6.07. The Hall–Kier alpha value is -2.12. The molecule has 0 aliphatic carbocycles. The van der Waals surface area contributed by atoms with E-state index in [1.54, 1.807) is 7.11 Å². The summed E-state index contributed by atoms with van der Waals surface area (Å²) in [5.74, 6) is 0.0940. The normalized spacial score (nSPS) is 15.0. The number of nitrogens with zero attached hydrogens (tertiary/aromatic N) is 2. The number of amides is 3. The molecule has 0 unspecified atom stereocenters. The highest BCUT2D eigenvalue weighted by atomic mass is 16.5. The second-order valence-corrected chi connectivity index (χ2v) is 6.07. The predicted octanol–water partition coefficient (Wildman–Crippen LogP) is 0.667. The first-order chi connectivity index (χ1) is 12.2. The molecule has 0 bridgehead atoms. The number of hydrogen-bond donors (Lipinski definition) is 2. The second kappa shape index (κ2) is 10.7. The SMILES string of the molecule is COCCNC(=O)NCCC(=O)N1CCN(Cc2ccccc2)CC1. The fourth-order valence-corrected chi connectivity index (χ4v) is 2.77. The third-order valence-corrected chi connectivity index (χ3v) is 4.19. The quantitative estimate of drug-likeness (QED) is 0.677.